The fourth-order valence-electron chi connectivity index (χ4n) is 3.17. The van der Waals surface area contributed by atoms with Crippen molar-refractivity contribution in [2.45, 2.75) is 34.6 Å². The molecule has 0 unspecified atom stereocenters. The van der Waals surface area contributed by atoms with Gasteiger partial charge in [0, 0.05) is 11.1 Å². The molecule has 0 aliphatic rings. The zero-order valence-corrected chi connectivity index (χ0v) is 18.1. The van der Waals surface area contributed by atoms with E-state index in [4.69, 9.17) is 25.8 Å². The number of aromatic hydroxyl groups is 2. The standard InChI is InChI=1S/C21H23ClO7/c1-8-9(2)18(11(4)16(23)13(8)20(25)28-7)29-21(26)14-10(3)15(22)19(27-6)12(5)17(14)24/h23-24H,1-7H3. The minimum Gasteiger partial charge on any atom is -0.507 e. The molecule has 8 heteroatoms. The molecule has 2 rings (SSSR count). The summed E-state index contributed by atoms with van der Waals surface area (Å²) in [6.45, 7) is 7.89. The highest BCUT2D eigenvalue weighted by Gasteiger charge is 2.28. The van der Waals surface area contributed by atoms with E-state index in [0.717, 1.165) is 0 Å². The molecule has 0 fully saturated rings. The van der Waals surface area contributed by atoms with Crippen LogP contribution in [-0.2, 0) is 4.74 Å². The summed E-state index contributed by atoms with van der Waals surface area (Å²) in [5, 5.41) is 21.1. The van der Waals surface area contributed by atoms with Crippen LogP contribution in [0.1, 0.15) is 48.5 Å². The molecule has 0 aliphatic carbocycles. The lowest BCUT2D eigenvalue weighted by Crippen LogP contribution is -2.15. The van der Waals surface area contributed by atoms with E-state index in [1.165, 1.54) is 21.1 Å². The Morgan fingerprint density at radius 3 is 1.69 bits per heavy atom. The smallest absolute Gasteiger partial charge is 0.347 e. The molecule has 0 heterocycles. The molecule has 0 radical (unpaired) electrons. The van der Waals surface area contributed by atoms with E-state index in [1.54, 1.807) is 27.7 Å². The number of ether oxygens (including phenoxy) is 3. The molecule has 29 heavy (non-hydrogen) atoms. The van der Waals surface area contributed by atoms with E-state index in [2.05, 4.69) is 0 Å². The minimum atomic E-state index is -0.858. The van der Waals surface area contributed by atoms with Crippen LogP contribution in [-0.4, -0.2) is 36.4 Å². The zero-order valence-electron chi connectivity index (χ0n) is 17.3. The number of rotatable bonds is 4. The van der Waals surface area contributed by atoms with Crippen molar-refractivity contribution in [3.8, 4) is 23.0 Å². The molecule has 2 aromatic rings. The van der Waals surface area contributed by atoms with Gasteiger partial charge in [0.15, 0.2) is 0 Å². The van der Waals surface area contributed by atoms with Gasteiger partial charge in [0.05, 0.1) is 19.2 Å². The molecular formula is C21H23ClO7. The van der Waals surface area contributed by atoms with Gasteiger partial charge in [-0.3, -0.25) is 0 Å². The van der Waals surface area contributed by atoms with Crippen molar-refractivity contribution in [3.63, 3.8) is 0 Å². The van der Waals surface area contributed by atoms with Crippen LogP contribution in [0.3, 0.4) is 0 Å². The maximum Gasteiger partial charge on any atom is 0.347 e. The molecule has 2 N–H and O–H groups in total. The second-order valence-corrected chi connectivity index (χ2v) is 7.01. The first kappa shape index (κ1) is 22.4. The van der Waals surface area contributed by atoms with Gasteiger partial charge in [0.2, 0.25) is 0 Å². The van der Waals surface area contributed by atoms with Crippen molar-refractivity contribution in [3.05, 3.63) is 44.0 Å². The zero-order chi connectivity index (χ0) is 22.2. The van der Waals surface area contributed by atoms with Crippen molar-refractivity contribution in [2.24, 2.45) is 0 Å². The lowest BCUT2D eigenvalue weighted by molar-refractivity contribution is 0.0596. The Morgan fingerprint density at radius 2 is 1.21 bits per heavy atom. The second-order valence-electron chi connectivity index (χ2n) is 6.63. The third kappa shape index (κ3) is 3.58. The number of carbonyl (C=O) groups excluding carboxylic acids is 2. The van der Waals surface area contributed by atoms with Gasteiger partial charge in [-0.05, 0) is 51.3 Å². The molecule has 0 aromatic heterocycles. The van der Waals surface area contributed by atoms with Gasteiger partial charge in [-0.25, -0.2) is 9.59 Å². The number of phenols is 2. The van der Waals surface area contributed by atoms with Gasteiger partial charge in [0.1, 0.15) is 34.1 Å². The Labute approximate surface area is 173 Å². The molecule has 156 valence electrons. The van der Waals surface area contributed by atoms with Crippen LogP contribution in [0.25, 0.3) is 0 Å². The monoisotopic (exact) mass is 422 g/mol. The van der Waals surface area contributed by atoms with Gasteiger partial charge in [-0.15, -0.1) is 0 Å². The number of benzene rings is 2. The molecule has 0 saturated carbocycles. The summed E-state index contributed by atoms with van der Waals surface area (Å²) in [7, 11) is 2.62. The van der Waals surface area contributed by atoms with Crippen LogP contribution in [0, 0.1) is 34.6 Å². The highest BCUT2D eigenvalue weighted by atomic mass is 35.5. The van der Waals surface area contributed by atoms with Crippen LogP contribution in [0.15, 0.2) is 0 Å². The first-order valence-electron chi connectivity index (χ1n) is 8.68. The molecule has 0 spiro atoms. The van der Waals surface area contributed by atoms with Gasteiger partial charge >= 0.3 is 11.9 Å². The Hall–Kier alpha value is -2.93. The summed E-state index contributed by atoms with van der Waals surface area (Å²) in [5.74, 6) is -1.86. The van der Waals surface area contributed by atoms with Crippen molar-refractivity contribution in [1.29, 1.82) is 0 Å². The lowest BCUT2D eigenvalue weighted by atomic mass is 9.97. The number of carbonyl (C=O) groups is 2. The molecule has 0 amide bonds. The normalized spacial score (nSPS) is 10.6. The molecule has 0 saturated heterocycles. The molecule has 0 aliphatic heterocycles. The van der Waals surface area contributed by atoms with Crippen LogP contribution in [0.2, 0.25) is 5.02 Å². The van der Waals surface area contributed by atoms with E-state index in [-0.39, 0.29) is 44.7 Å². The number of halogens is 1. The minimum absolute atomic E-state index is 0.00432. The SMILES string of the molecule is COC(=O)c1c(C)c(C)c(OC(=O)c2c(C)c(Cl)c(OC)c(C)c2O)c(C)c1O. The third-order valence-electron chi connectivity index (χ3n) is 5.04. The topological polar surface area (TPSA) is 102 Å². The number of phenolic OH excluding ortho intramolecular Hbond substituents is 2. The predicted molar refractivity (Wildman–Crippen MR) is 108 cm³/mol. The Kier molecular flexibility index (Phi) is 6.33. The van der Waals surface area contributed by atoms with Crippen LogP contribution >= 0.6 is 11.6 Å². The first-order chi connectivity index (χ1) is 13.5. The van der Waals surface area contributed by atoms with E-state index >= 15 is 0 Å². The summed E-state index contributed by atoms with van der Waals surface area (Å²) in [4.78, 5) is 24.9. The summed E-state index contributed by atoms with van der Waals surface area (Å²) < 4.78 is 15.4. The van der Waals surface area contributed by atoms with Crippen molar-refractivity contribution < 1.29 is 34.0 Å². The molecule has 7 nitrogen and oxygen atoms in total. The fraction of sp³-hybridized carbons (Fsp3) is 0.333. The summed E-state index contributed by atoms with van der Waals surface area (Å²) in [5.41, 5.74) is 1.55. The van der Waals surface area contributed by atoms with Crippen LogP contribution in [0.4, 0.5) is 0 Å². The highest BCUT2D eigenvalue weighted by molar-refractivity contribution is 6.33. The van der Waals surface area contributed by atoms with Gasteiger partial charge < -0.3 is 24.4 Å². The van der Waals surface area contributed by atoms with Crippen LogP contribution < -0.4 is 9.47 Å². The number of methoxy groups -OCH3 is 2. The second kappa shape index (κ2) is 8.21. The maximum absolute atomic E-state index is 12.9. The van der Waals surface area contributed by atoms with Crippen LogP contribution in [0.5, 0.6) is 23.0 Å². The first-order valence-corrected chi connectivity index (χ1v) is 9.06. The Balaban J connectivity index is 2.63. The molecule has 0 bridgehead atoms. The quantitative estimate of drug-likeness (QED) is 0.559. The predicted octanol–water partition coefficient (Wildman–Crippen LogP) is 4.31. The number of hydrogen-bond donors (Lipinski definition) is 2. The van der Waals surface area contributed by atoms with Crippen molar-refractivity contribution >= 4 is 23.5 Å². The Morgan fingerprint density at radius 1 is 0.724 bits per heavy atom. The van der Waals surface area contributed by atoms with Crippen molar-refractivity contribution in [2.75, 3.05) is 14.2 Å². The largest absolute Gasteiger partial charge is 0.507 e. The van der Waals surface area contributed by atoms with E-state index in [1.807, 2.05) is 0 Å². The average Bonchev–Trinajstić information content (AvgIpc) is 2.68. The van der Waals surface area contributed by atoms with E-state index < -0.39 is 11.9 Å². The van der Waals surface area contributed by atoms with E-state index in [0.29, 0.717) is 22.3 Å². The lowest BCUT2D eigenvalue weighted by Gasteiger charge is -2.19. The fourth-order valence-corrected chi connectivity index (χ4v) is 3.48. The number of hydrogen-bond acceptors (Lipinski definition) is 7. The van der Waals surface area contributed by atoms with Gasteiger partial charge in [0.25, 0.3) is 0 Å². The molecule has 0 atom stereocenters. The summed E-state index contributed by atoms with van der Waals surface area (Å²) >= 11 is 6.27. The summed E-state index contributed by atoms with van der Waals surface area (Å²) in [6, 6.07) is 0. The molecule has 2 aromatic carbocycles. The van der Waals surface area contributed by atoms with Gasteiger partial charge in [-0.2, -0.15) is 0 Å². The highest BCUT2D eigenvalue weighted by Crippen LogP contribution is 2.42. The maximum atomic E-state index is 12.9. The molecular weight excluding hydrogens is 400 g/mol. The van der Waals surface area contributed by atoms with Crippen molar-refractivity contribution in [1.82, 2.24) is 0 Å². The third-order valence-corrected chi connectivity index (χ3v) is 5.49. The summed E-state index contributed by atoms with van der Waals surface area (Å²) in [6.07, 6.45) is 0. The Bertz CT molecular complexity index is 967. The van der Waals surface area contributed by atoms with E-state index in [9.17, 15) is 19.8 Å². The van der Waals surface area contributed by atoms with Gasteiger partial charge in [-0.1, -0.05) is 11.6 Å². The average molecular weight is 423 g/mol. The number of esters is 2.